The minimum absolute atomic E-state index is 0.00315. The molecule has 180 valence electrons. The van der Waals surface area contributed by atoms with Crippen molar-refractivity contribution >= 4 is 27.0 Å². The molecule has 0 spiro atoms. The number of carbonyl (C=O) groups excluding carboxylic acids is 1. The van der Waals surface area contributed by atoms with Crippen molar-refractivity contribution in [1.82, 2.24) is 19.2 Å². The van der Waals surface area contributed by atoms with Gasteiger partial charge in [-0.05, 0) is 48.7 Å². The molecular weight excluding hydrogens is 464 g/mol. The molecule has 1 aliphatic rings. The fourth-order valence-electron chi connectivity index (χ4n) is 4.60. The summed E-state index contributed by atoms with van der Waals surface area (Å²) in [5.41, 5.74) is 2.70. The zero-order valence-electron chi connectivity index (χ0n) is 19.1. The summed E-state index contributed by atoms with van der Waals surface area (Å²) < 4.78 is 30.0. The molecule has 8 nitrogen and oxygen atoms in total. The Labute approximate surface area is 203 Å². The number of benzene rings is 3. The van der Waals surface area contributed by atoms with Gasteiger partial charge in [0, 0.05) is 31.2 Å². The highest BCUT2D eigenvalue weighted by Crippen LogP contribution is 2.26. The molecule has 1 aliphatic heterocycles. The second-order valence-electron chi connectivity index (χ2n) is 8.68. The highest BCUT2D eigenvalue weighted by atomic mass is 32.2. The first-order valence-electron chi connectivity index (χ1n) is 11.5. The molecule has 1 aromatic heterocycles. The van der Waals surface area contributed by atoms with E-state index in [-0.39, 0.29) is 29.1 Å². The van der Waals surface area contributed by atoms with E-state index < -0.39 is 10.0 Å². The molecule has 0 aliphatic carbocycles. The lowest BCUT2D eigenvalue weighted by Gasteiger charge is -2.32. The van der Waals surface area contributed by atoms with Gasteiger partial charge in [-0.25, -0.2) is 17.9 Å². The fourth-order valence-corrected chi connectivity index (χ4v) is 5.66. The SMILES string of the molecule is O=C(c1cccc(S(=O)(=O)NCc2ccccc2)c1)N1CCC(n2c(=O)[nH]c3ccccc32)CC1. The average molecular weight is 491 g/mol. The van der Waals surface area contributed by atoms with Crippen molar-refractivity contribution in [3.63, 3.8) is 0 Å². The summed E-state index contributed by atoms with van der Waals surface area (Å²) >= 11 is 0. The van der Waals surface area contributed by atoms with Gasteiger partial charge in [0.25, 0.3) is 5.91 Å². The van der Waals surface area contributed by atoms with Gasteiger partial charge < -0.3 is 9.88 Å². The van der Waals surface area contributed by atoms with Gasteiger partial charge in [-0.1, -0.05) is 48.5 Å². The molecule has 1 fully saturated rings. The number of nitrogens with one attached hydrogen (secondary N) is 2. The molecule has 0 bridgehead atoms. The molecule has 1 saturated heterocycles. The van der Waals surface area contributed by atoms with Gasteiger partial charge in [-0.2, -0.15) is 0 Å². The number of piperidine rings is 1. The normalized spacial score (nSPS) is 14.9. The van der Waals surface area contributed by atoms with E-state index in [2.05, 4.69) is 9.71 Å². The van der Waals surface area contributed by atoms with Gasteiger partial charge in [0.1, 0.15) is 0 Å². The predicted molar refractivity (Wildman–Crippen MR) is 134 cm³/mol. The van der Waals surface area contributed by atoms with Crippen molar-refractivity contribution in [2.24, 2.45) is 0 Å². The lowest BCUT2D eigenvalue weighted by Crippen LogP contribution is -2.40. The Bertz CT molecular complexity index is 1520. The van der Waals surface area contributed by atoms with Crippen LogP contribution < -0.4 is 10.4 Å². The van der Waals surface area contributed by atoms with Gasteiger partial charge in [0.15, 0.2) is 0 Å². The third kappa shape index (κ3) is 4.78. The van der Waals surface area contributed by atoms with Gasteiger partial charge in [-0.3, -0.25) is 9.36 Å². The second-order valence-corrected chi connectivity index (χ2v) is 10.4. The van der Waals surface area contributed by atoms with Gasteiger partial charge in [0.2, 0.25) is 10.0 Å². The standard InChI is InChI=1S/C26H26N4O4S/c31-25(20-9-6-10-22(17-20)35(33,34)27-18-19-7-2-1-3-8-19)29-15-13-21(14-16-29)30-24-12-5-4-11-23(24)28-26(30)32/h1-12,17,21,27H,13-16,18H2,(H,28,32). The predicted octanol–water partition coefficient (Wildman–Crippen LogP) is 3.29. The minimum atomic E-state index is -3.77. The second kappa shape index (κ2) is 9.52. The molecule has 1 amide bonds. The molecule has 0 atom stereocenters. The summed E-state index contributed by atoms with van der Waals surface area (Å²) in [5, 5.41) is 0. The van der Waals surface area contributed by atoms with Crippen molar-refractivity contribution in [3.05, 3.63) is 100 Å². The number of amides is 1. The van der Waals surface area contributed by atoms with Crippen LogP contribution in [0.4, 0.5) is 0 Å². The molecular formula is C26H26N4O4S. The minimum Gasteiger partial charge on any atom is -0.338 e. The van der Waals surface area contributed by atoms with Crippen molar-refractivity contribution in [3.8, 4) is 0 Å². The van der Waals surface area contributed by atoms with E-state index in [1.54, 1.807) is 21.6 Å². The number of carbonyl (C=O) groups is 1. The van der Waals surface area contributed by atoms with Crippen molar-refractivity contribution < 1.29 is 13.2 Å². The lowest BCUT2D eigenvalue weighted by molar-refractivity contribution is 0.0694. The maximum atomic E-state index is 13.2. The van der Waals surface area contributed by atoms with Crippen molar-refractivity contribution in [2.45, 2.75) is 30.3 Å². The Hall–Kier alpha value is -3.69. The molecule has 4 aromatic rings. The van der Waals surface area contributed by atoms with Crippen LogP contribution in [-0.2, 0) is 16.6 Å². The van der Waals surface area contributed by atoms with Gasteiger partial charge >= 0.3 is 5.69 Å². The number of H-pyrrole nitrogens is 1. The Morgan fingerprint density at radius 1 is 0.943 bits per heavy atom. The largest absolute Gasteiger partial charge is 0.338 e. The number of nitrogens with zero attached hydrogens (tertiary/aromatic N) is 2. The molecule has 5 rings (SSSR count). The first-order valence-corrected chi connectivity index (χ1v) is 13.0. The van der Waals surface area contributed by atoms with Crippen LogP contribution in [0.1, 0.15) is 34.8 Å². The van der Waals surface area contributed by atoms with Crippen LogP contribution in [0.15, 0.2) is 88.6 Å². The molecule has 2 heterocycles. The number of para-hydroxylation sites is 2. The topological polar surface area (TPSA) is 104 Å². The van der Waals surface area contributed by atoms with E-state index in [4.69, 9.17) is 0 Å². The number of sulfonamides is 1. The first kappa shape index (κ1) is 23.1. The number of hydrogen-bond donors (Lipinski definition) is 2. The third-order valence-electron chi connectivity index (χ3n) is 6.44. The number of aromatic amines is 1. The molecule has 35 heavy (non-hydrogen) atoms. The van der Waals surface area contributed by atoms with Crippen LogP contribution in [0.5, 0.6) is 0 Å². The molecule has 0 saturated carbocycles. The smallest absolute Gasteiger partial charge is 0.326 e. The summed E-state index contributed by atoms with van der Waals surface area (Å²) in [6.45, 7) is 1.14. The zero-order valence-corrected chi connectivity index (χ0v) is 19.9. The number of fused-ring (bicyclic) bond motifs is 1. The lowest BCUT2D eigenvalue weighted by atomic mass is 10.0. The first-order chi connectivity index (χ1) is 16.9. The van der Waals surface area contributed by atoms with Crippen molar-refractivity contribution in [1.29, 1.82) is 0 Å². The van der Waals surface area contributed by atoms with Crippen LogP contribution in [0, 0.1) is 0 Å². The van der Waals surface area contributed by atoms with Crippen LogP contribution >= 0.6 is 0 Å². The highest BCUT2D eigenvalue weighted by molar-refractivity contribution is 7.89. The number of imidazole rings is 1. The van der Waals surface area contributed by atoms with Crippen LogP contribution in [0.2, 0.25) is 0 Å². The van der Waals surface area contributed by atoms with Crippen molar-refractivity contribution in [2.75, 3.05) is 13.1 Å². The summed E-state index contributed by atoms with van der Waals surface area (Å²) in [4.78, 5) is 30.3. The molecule has 0 radical (unpaired) electrons. The van der Waals surface area contributed by atoms with Crippen LogP contribution in [0.3, 0.4) is 0 Å². The molecule has 9 heteroatoms. The Morgan fingerprint density at radius 3 is 2.43 bits per heavy atom. The number of likely N-dealkylation sites (tertiary alicyclic amines) is 1. The number of aromatic nitrogens is 2. The number of hydrogen-bond acceptors (Lipinski definition) is 4. The summed E-state index contributed by atoms with van der Waals surface area (Å²) in [6, 6.07) is 23.0. The van der Waals surface area contributed by atoms with E-state index in [1.807, 2.05) is 54.6 Å². The maximum absolute atomic E-state index is 13.2. The molecule has 0 unspecified atom stereocenters. The Balaban J connectivity index is 1.27. The summed E-state index contributed by atoms with van der Waals surface area (Å²) in [7, 11) is -3.77. The van der Waals surface area contributed by atoms with Gasteiger partial charge in [0.05, 0.1) is 15.9 Å². The average Bonchev–Trinajstić information content (AvgIpc) is 3.23. The molecule has 2 N–H and O–H groups in total. The Morgan fingerprint density at radius 2 is 1.66 bits per heavy atom. The van der Waals surface area contributed by atoms with E-state index >= 15 is 0 Å². The quantitative estimate of drug-likeness (QED) is 0.433. The Kier molecular flexibility index (Phi) is 6.27. The van der Waals surface area contributed by atoms with Gasteiger partial charge in [-0.15, -0.1) is 0 Å². The van der Waals surface area contributed by atoms with E-state index in [0.717, 1.165) is 16.6 Å². The third-order valence-corrected chi connectivity index (χ3v) is 7.84. The monoisotopic (exact) mass is 490 g/mol. The summed E-state index contributed by atoms with van der Waals surface area (Å²) in [6.07, 6.45) is 1.29. The van der Waals surface area contributed by atoms with Crippen LogP contribution in [0.25, 0.3) is 11.0 Å². The zero-order chi connectivity index (χ0) is 24.4. The van der Waals surface area contributed by atoms with E-state index in [9.17, 15) is 18.0 Å². The van der Waals surface area contributed by atoms with E-state index in [0.29, 0.717) is 31.5 Å². The molecule has 3 aromatic carbocycles. The van der Waals surface area contributed by atoms with Crippen LogP contribution in [-0.4, -0.2) is 41.9 Å². The summed E-state index contributed by atoms with van der Waals surface area (Å²) in [5.74, 6) is -0.213. The number of rotatable bonds is 6. The maximum Gasteiger partial charge on any atom is 0.326 e. The fraction of sp³-hybridized carbons (Fsp3) is 0.231. The van der Waals surface area contributed by atoms with E-state index in [1.165, 1.54) is 12.1 Å². The highest BCUT2D eigenvalue weighted by Gasteiger charge is 2.27.